The fourth-order valence-corrected chi connectivity index (χ4v) is 1.96. The molecule has 6 heteroatoms. The molecule has 5 nitrogen and oxygen atoms in total. The molecule has 0 heterocycles. The third kappa shape index (κ3) is 3.46. The van der Waals surface area contributed by atoms with Crippen molar-refractivity contribution in [2.75, 3.05) is 18.4 Å². The number of benzene rings is 1. The van der Waals surface area contributed by atoms with Crippen molar-refractivity contribution in [3.05, 3.63) is 29.6 Å². The van der Waals surface area contributed by atoms with E-state index >= 15 is 0 Å². The van der Waals surface area contributed by atoms with E-state index in [1.165, 1.54) is 6.07 Å². The van der Waals surface area contributed by atoms with Crippen LogP contribution in [0.2, 0.25) is 0 Å². The molecule has 1 aliphatic carbocycles. The van der Waals surface area contributed by atoms with Gasteiger partial charge in [0.2, 0.25) is 0 Å². The highest BCUT2D eigenvalue weighted by atomic mass is 19.1. The van der Waals surface area contributed by atoms with Crippen LogP contribution >= 0.6 is 0 Å². The summed E-state index contributed by atoms with van der Waals surface area (Å²) in [5, 5.41) is 11.6. The van der Waals surface area contributed by atoms with Crippen molar-refractivity contribution < 1.29 is 19.1 Å². The molecule has 2 N–H and O–H groups in total. The van der Waals surface area contributed by atoms with Gasteiger partial charge in [-0.1, -0.05) is 0 Å². The highest BCUT2D eigenvalue weighted by molar-refractivity contribution is 6.00. The zero-order chi connectivity index (χ0) is 14.7. The lowest BCUT2D eigenvalue weighted by molar-refractivity contribution is 0.0697. The Hall–Kier alpha value is -2.11. The monoisotopic (exact) mass is 280 g/mol. The summed E-state index contributed by atoms with van der Waals surface area (Å²) in [6, 6.07) is 2.93. The maximum absolute atomic E-state index is 13.1. The number of hydrogen-bond acceptors (Lipinski definition) is 2. The molecule has 2 amide bonds. The van der Waals surface area contributed by atoms with Gasteiger partial charge in [-0.15, -0.1) is 0 Å². The van der Waals surface area contributed by atoms with Crippen LogP contribution in [0.4, 0.5) is 14.9 Å². The molecule has 1 saturated carbocycles. The first kappa shape index (κ1) is 14.3. The second-order valence-electron chi connectivity index (χ2n) is 4.91. The van der Waals surface area contributed by atoms with E-state index < -0.39 is 11.8 Å². The summed E-state index contributed by atoms with van der Waals surface area (Å²) in [4.78, 5) is 24.8. The Balaban J connectivity index is 2.11. The fourth-order valence-electron chi connectivity index (χ4n) is 1.96. The number of nitrogens with one attached hydrogen (secondary N) is 1. The molecular weight excluding hydrogens is 263 g/mol. The van der Waals surface area contributed by atoms with E-state index in [9.17, 15) is 14.0 Å². The molecule has 0 bridgehead atoms. The van der Waals surface area contributed by atoms with Gasteiger partial charge in [0, 0.05) is 13.1 Å². The first-order valence-corrected chi connectivity index (χ1v) is 6.60. The molecule has 0 atom stereocenters. The van der Waals surface area contributed by atoms with Gasteiger partial charge in [-0.2, -0.15) is 0 Å². The predicted molar refractivity (Wildman–Crippen MR) is 72.3 cm³/mol. The van der Waals surface area contributed by atoms with Crippen LogP contribution in [0.15, 0.2) is 18.2 Å². The molecule has 0 unspecified atom stereocenters. The number of aromatic carboxylic acids is 1. The van der Waals surface area contributed by atoms with Gasteiger partial charge in [0.1, 0.15) is 5.82 Å². The zero-order valence-electron chi connectivity index (χ0n) is 11.2. The number of hydrogen-bond donors (Lipinski definition) is 2. The number of rotatable bonds is 5. The van der Waals surface area contributed by atoms with Gasteiger partial charge in [-0.25, -0.2) is 14.0 Å². The SMILES string of the molecule is CCN(CC1CC1)C(=O)Nc1ccc(F)cc1C(=O)O. The Labute approximate surface area is 116 Å². The maximum atomic E-state index is 13.1. The largest absolute Gasteiger partial charge is 0.478 e. The van der Waals surface area contributed by atoms with E-state index in [1.54, 1.807) is 4.90 Å². The second kappa shape index (κ2) is 5.90. The average molecular weight is 280 g/mol. The van der Waals surface area contributed by atoms with Crippen molar-refractivity contribution in [3.63, 3.8) is 0 Å². The summed E-state index contributed by atoms with van der Waals surface area (Å²) in [5.74, 6) is -1.37. The number of carboxylic acid groups (broad SMARTS) is 1. The summed E-state index contributed by atoms with van der Waals surface area (Å²) in [7, 11) is 0. The van der Waals surface area contributed by atoms with Gasteiger partial charge in [0.25, 0.3) is 0 Å². The molecule has 0 saturated heterocycles. The highest BCUT2D eigenvalue weighted by Gasteiger charge is 2.26. The molecular formula is C14H17FN2O3. The molecule has 0 aliphatic heterocycles. The van der Waals surface area contributed by atoms with Crippen LogP contribution in [0.5, 0.6) is 0 Å². The van der Waals surface area contributed by atoms with E-state index in [0.29, 0.717) is 19.0 Å². The Morgan fingerprint density at radius 2 is 2.15 bits per heavy atom. The lowest BCUT2D eigenvalue weighted by Gasteiger charge is -2.21. The first-order valence-electron chi connectivity index (χ1n) is 6.60. The van der Waals surface area contributed by atoms with Crippen LogP contribution in [0.3, 0.4) is 0 Å². The van der Waals surface area contributed by atoms with Gasteiger partial charge < -0.3 is 15.3 Å². The summed E-state index contributed by atoms with van der Waals surface area (Å²) < 4.78 is 13.1. The molecule has 1 fully saturated rings. The molecule has 0 radical (unpaired) electrons. The Kier molecular flexibility index (Phi) is 4.22. The molecule has 1 aromatic carbocycles. The minimum atomic E-state index is -1.27. The van der Waals surface area contributed by atoms with Crippen LogP contribution in [0.1, 0.15) is 30.1 Å². The number of halogens is 1. The van der Waals surface area contributed by atoms with Gasteiger partial charge in [-0.3, -0.25) is 0 Å². The molecule has 2 rings (SSSR count). The quantitative estimate of drug-likeness (QED) is 0.871. The number of nitrogens with zero attached hydrogens (tertiary/aromatic N) is 1. The van der Waals surface area contributed by atoms with Crippen LogP contribution in [0.25, 0.3) is 0 Å². The average Bonchev–Trinajstić information content (AvgIpc) is 3.21. The highest BCUT2D eigenvalue weighted by Crippen LogP contribution is 2.30. The van der Waals surface area contributed by atoms with Crippen LogP contribution in [-0.2, 0) is 0 Å². The minimum absolute atomic E-state index is 0.109. The number of carboxylic acids is 1. The Bertz CT molecular complexity index is 529. The van der Waals surface area contributed by atoms with Gasteiger partial charge in [0.05, 0.1) is 11.3 Å². The second-order valence-corrected chi connectivity index (χ2v) is 4.91. The number of anilines is 1. The van der Waals surface area contributed by atoms with Crippen molar-refractivity contribution in [3.8, 4) is 0 Å². The standard InChI is InChI=1S/C14H17FN2O3/c1-2-17(8-9-3-4-9)14(20)16-12-6-5-10(15)7-11(12)13(18)19/h5-7,9H,2-4,8H2,1H3,(H,16,20)(H,18,19). The van der Waals surface area contributed by atoms with Crippen molar-refractivity contribution in [1.82, 2.24) is 4.90 Å². The third-order valence-electron chi connectivity index (χ3n) is 3.30. The van der Waals surface area contributed by atoms with E-state index in [1.807, 2.05) is 6.92 Å². The van der Waals surface area contributed by atoms with Gasteiger partial charge >= 0.3 is 12.0 Å². The molecule has 1 aliphatic rings. The van der Waals surface area contributed by atoms with Crippen LogP contribution < -0.4 is 5.32 Å². The van der Waals surface area contributed by atoms with E-state index in [2.05, 4.69) is 5.32 Å². The topological polar surface area (TPSA) is 69.6 Å². The van der Waals surface area contributed by atoms with Crippen molar-refractivity contribution in [2.24, 2.45) is 5.92 Å². The summed E-state index contributed by atoms with van der Waals surface area (Å²) in [5.41, 5.74) is -0.140. The van der Waals surface area contributed by atoms with Crippen molar-refractivity contribution in [2.45, 2.75) is 19.8 Å². The molecule has 1 aromatic rings. The summed E-state index contributed by atoms with van der Waals surface area (Å²) in [6.45, 7) is 3.09. The van der Waals surface area contributed by atoms with E-state index in [0.717, 1.165) is 25.0 Å². The number of urea groups is 1. The maximum Gasteiger partial charge on any atom is 0.337 e. The van der Waals surface area contributed by atoms with Crippen LogP contribution in [0, 0.1) is 11.7 Å². The summed E-state index contributed by atoms with van der Waals surface area (Å²) >= 11 is 0. The smallest absolute Gasteiger partial charge is 0.337 e. The zero-order valence-corrected chi connectivity index (χ0v) is 11.2. The molecule has 20 heavy (non-hydrogen) atoms. The fraction of sp³-hybridized carbons (Fsp3) is 0.429. The first-order chi connectivity index (χ1) is 9.51. The lowest BCUT2D eigenvalue weighted by Crippen LogP contribution is -2.36. The normalized spacial score (nSPS) is 13.9. The molecule has 0 spiro atoms. The number of carbonyl (C=O) groups excluding carboxylic acids is 1. The van der Waals surface area contributed by atoms with Crippen molar-refractivity contribution >= 4 is 17.7 Å². The molecule has 108 valence electrons. The Morgan fingerprint density at radius 1 is 1.45 bits per heavy atom. The lowest BCUT2D eigenvalue weighted by atomic mass is 10.1. The van der Waals surface area contributed by atoms with Gasteiger partial charge in [-0.05, 0) is 43.9 Å². The summed E-state index contributed by atoms with van der Waals surface area (Å²) in [6.07, 6.45) is 2.25. The minimum Gasteiger partial charge on any atom is -0.478 e. The number of amides is 2. The van der Waals surface area contributed by atoms with Crippen molar-refractivity contribution in [1.29, 1.82) is 0 Å². The van der Waals surface area contributed by atoms with E-state index in [-0.39, 0.29) is 17.3 Å². The van der Waals surface area contributed by atoms with Crippen LogP contribution in [-0.4, -0.2) is 35.1 Å². The number of carbonyl (C=O) groups is 2. The third-order valence-corrected chi connectivity index (χ3v) is 3.30. The van der Waals surface area contributed by atoms with Gasteiger partial charge in [0.15, 0.2) is 0 Å². The molecule has 0 aromatic heterocycles. The predicted octanol–water partition coefficient (Wildman–Crippen LogP) is 2.79. The Morgan fingerprint density at radius 3 is 2.70 bits per heavy atom. The van der Waals surface area contributed by atoms with E-state index in [4.69, 9.17) is 5.11 Å².